The number of anilines is 2. The Hall–Kier alpha value is -2.48. The number of hydrogen-bond acceptors (Lipinski definition) is 5. The van der Waals surface area contributed by atoms with E-state index in [1.54, 1.807) is 12.1 Å². The molecule has 0 aliphatic carbocycles. The van der Waals surface area contributed by atoms with Gasteiger partial charge in [-0.2, -0.15) is 0 Å². The van der Waals surface area contributed by atoms with Crippen LogP contribution in [0.1, 0.15) is 19.3 Å². The Bertz CT molecular complexity index is 912. The summed E-state index contributed by atoms with van der Waals surface area (Å²) in [7, 11) is -1.17. The number of ether oxygens (including phenoxy) is 2. The van der Waals surface area contributed by atoms with E-state index in [1.807, 2.05) is 0 Å². The fraction of sp³-hybridized carbons (Fsp3) is 0.368. The van der Waals surface area contributed by atoms with Crippen molar-refractivity contribution in [2.45, 2.75) is 24.2 Å². The average Bonchev–Trinajstić information content (AvgIpc) is 2.68. The van der Waals surface area contributed by atoms with Crippen LogP contribution in [0.5, 0.6) is 11.5 Å². The Kier molecular flexibility index (Phi) is 5.74. The van der Waals surface area contributed by atoms with Crippen molar-refractivity contribution >= 4 is 21.4 Å². The topological polar surface area (TPSA) is 67.9 Å². The van der Waals surface area contributed by atoms with E-state index in [0.717, 1.165) is 32.4 Å². The summed E-state index contributed by atoms with van der Waals surface area (Å²) in [6.45, 7) is 1.62. The standard InChI is InChI=1S/C19H23FN2O4S/c1-25-15-7-9-18(26-2)19(13-15)27(23,24)21-16-12-14(20)6-8-17(16)22-10-4-3-5-11-22/h6-9,12-13,21H,3-5,10-11H2,1-2H3. The fourth-order valence-electron chi connectivity index (χ4n) is 3.19. The smallest absolute Gasteiger partial charge is 0.265 e. The van der Waals surface area contributed by atoms with Gasteiger partial charge in [-0.05, 0) is 43.5 Å². The Labute approximate surface area is 159 Å². The van der Waals surface area contributed by atoms with Gasteiger partial charge in [0.1, 0.15) is 22.2 Å². The minimum Gasteiger partial charge on any atom is -0.497 e. The molecule has 27 heavy (non-hydrogen) atoms. The number of hydrogen-bond donors (Lipinski definition) is 1. The lowest BCUT2D eigenvalue weighted by Crippen LogP contribution is -2.30. The molecular weight excluding hydrogens is 371 g/mol. The maximum Gasteiger partial charge on any atom is 0.265 e. The molecule has 6 nitrogen and oxygen atoms in total. The Morgan fingerprint density at radius 1 is 1.00 bits per heavy atom. The molecule has 1 saturated heterocycles. The van der Waals surface area contributed by atoms with Crippen LogP contribution in [0.4, 0.5) is 15.8 Å². The first kappa shape index (κ1) is 19.3. The molecule has 0 atom stereocenters. The molecule has 146 valence electrons. The second kappa shape index (κ2) is 8.04. The summed E-state index contributed by atoms with van der Waals surface area (Å²) in [5, 5.41) is 0. The quantitative estimate of drug-likeness (QED) is 0.810. The summed E-state index contributed by atoms with van der Waals surface area (Å²) in [5.74, 6) is 0.0527. The zero-order valence-corrected chi connectivity index (χ0v) is 16.2. The largest absolute Gasteiger partial charge is 0.497 e. The molecule has 1 heterocycles. The second-order valence-corrected chi connectivity index (χ2v) is 7.98. The van der Waals surface area contributed by atoms with Crippen LogP contribution in [0.15, 0.2) is 41.3 Å². The number of methoxy groups -OCH3 is 2. The van der Waals surface area contributed by atoms with Gasteiger partial charge in [-0.1, -0.05) is 0 Å². The van der Waals surface area contributed by atoms with Crippen LogP contribution in [0.2, 0.25) is 0 Å². The summed E-state index contributed by atoms with van der Waals surface area (Å²) >= 11 is 0. The molecular formula is C19H23FN2O4S. The van der Waals surface area contributed by atoms with Gasteiger partial charge < -0.3 is 14.4 Å². The highest BCUT2D eigenvalue weighted by atomic mass is 32.2. The number of benzene rings is 2. The summed E-state index contributed by atoms with van der Waals surface area (Å²) in [6.07, 6.45) is 3.18. The third-order valence-corrected chi connectivity index (χ3v) is 5.95. The number of halogens is 1. The molecule has 2 aromatic rings. The first-order valence-electron chi connectivity index (χ1n) is 8.74. The molecule has 0 amide bonds. The Morgan fingerprint density at radius 3 is 2.41 bits per heavy atom. The molecule has 0 saturated carbocycles. The number of rotatable bonds is 6. The van der Waals surface area contributed by atoms with E-state index in [0.29, 0.717) is 11.4 Å². The Balaban J connectivity index is 2.00. The van der Waals surface area contributed by atoms with Crippen LogP contribution >= 0.6 is 0 Å². The zero-order valence-electron chi connectivity index (χ0n) is 15.4. The van der Waals surface area contributed by atoms with E-state index < -0.39 is 15.8 Å². The molecule has 1 aliphatic heterocycles. The van der Waals surface area contributed by atoms with Crippen molar-refractivity contribution in [2.75, 3.05) is 36.9 Å². The number of nitrogens with zero attached hydrogens (tertiary/aromatic N) is 1. The first-order valence-corrected chi connectivity index (χ1v) is 10.2. The van der Waals surface area contributed by atoms with Gasteiger partial charge in [0, 0.05) is 25.2 Å². The summed E-state index contributed by atoms with van der Waals surface area (Å²) in [6, 6.07) is 8.66. The van der Waals surface area contributed by atoms with Crippen LogP contribution in [-0.4, -0.2) is 35.7 Å². The van der Waals surface area contributed by atoms with Crippen LogP contribution in [-0.2, 0) is 10.0 Å². The predicted octanol–water partition coefficient (Wildman–Crippen LogP) is 3.63. The third kappa shape index (κ3) is 4.27. The lowest BCUT2D eigenvalue weighted by atomic mass is 10.1. The fourth-order valence-corrected chi connectivity index (χ4v) is 4.44. The van der Waals surface area contributed by atoms with E-state index in [-0.39, 0.29) is 16.3 Å². The van der Waals surface area contributed by atoms with Crippen molar-refractivity contribution in [3.8, 4) is 11.5 Å². The van der Waals surface area contributed by atoms with Crippen LogP contribution in [0, 0.1) is 5.82 Å². The second-order valence-electron chi connectivity index (χ2n) is 6.33. The average molecular weight is 394 g/mol. The molecule has 0 spiro atoms. The first-order chi connectivity index (χ1) is 12.9. The summed E-state index contributed by atoms with van der Waals surface area (Å²) in [4.78, 5) is 2.00. The van der Waals surface area contributed by atoms with Gasteiger partial charge in [-0.15, -0.1) is 0 Å². The van der Waals surface area contributed by atoms with Crippen LogP contribution < -0.4 is 19.1 Å². The van der Waals surface area contributed by atoms with E-state index in [9.17, 15) is 12.8 Å². The van der Waals surface area contributed by atoms with E-state index in [2.05, 4.69) is 9.62 Å². The highest BCUT2D eigenvalue weighted by molar-refractivity contribution is 7.92. The van der Waals surface area contributed by atoms with Crippen LogP contribution in [0.25, 0.3) is 0 Å². The highest BCUT2D eigenvalue weighted by Gasteiger charge is 2.24. The maximum atomic E-state index is 13.9. The number of sulfonamides is 1. The monoisotopic (exact) mass is 394 g/mol. The molecule has 1 fully saturated rings. The van der Waals surface area contributed by atoms with Gasteiger partial charge in [0.25, 0.3) is 10.0 Å². The van der Waals surface area contributed by atoms with Crippen molar-refractivity contribution in [1.82, 2.24) is 0 Å². The molecule has 1 aliphatic rings. The van der Waals surface area contributed by atoms with Crippen molar-refractivity contribution in [3.05, 3.63) is 42.2 Å². The lowest BCUT2D eigenvalue weighted by molar-refractivity contribution is 0.392. The van der Waals surface area contributed by atoms with Crippen molar-refractivity contribution in [3.63, 3.8) is 0 Å². The molecule has 2 aromatic carbocycles. The molecule has 0 radical (unpaired) electrons. The minimum atomic E-state index is -4.01. The summed E-state index contributed by atoms with van der Waals surface area (Å²) < 4.78 is 52.7. The Morgan fingerprint density at radius 2 is 1.74 bits per heavy atom. The predicted molar refractivity (Wildman–Crippen MR) is 103 cm³/mol. The molecule has 0 aromatic heterocycles. The number of nitrogens with one attached hydrogen (secondary N) is 1. The maximum absolute atomic E-state index is 13.9. The minimum absolute atomic E-state index is 0.0711. The van der Waals surface area contributed by atoms with E-state index in [1.165, 1.54) is 38.5 Å². The number of piperidine rings is 1. The van der Waals surface area contributed by atoms with Crippen molar-refractivity contribution in [1.29, 1.82) is 0 Å². The van der Waals surface area contributed by atoms with Gasteiger partial charge in [0.15, 0.2) is 0 Å². The molecule has 1 N–H and O–H groups in total. The molecule has 0 unspecified atom stereocenters. The zero-order chi connectivity index (χ0) is 19.4. The van der Waals surface area contributed by atoms with Gasteiger partial charge in [-0.3, -0.25) is 4.72 Å². The third-order valence-electron chi connectivity index (χ3n) is 4.56. The van der Waals surface area contributed by atoms with Gasteiger partial charge in [-0.25, -0.2) is 12.8 Å². The van der Waals surface area contributed by atoms with Gasteiger partial charge in [0.2, 0.25) is 0 Å². The molecule has 0 bridgehead atoms. The van der Waals surface area contributed by atoms with Gasteiger partial charge >= 0.3 is 0 Å². The van der Waals surface area contributed by atoms with Crippen molar-refractivity contribution in [2.24, 2.45) is 0 Å². The lowest BCUT2D eigenvalue weighted by Gasteiger charge is -2.30. The normalized spacial score (nSPS) is 14.7. The molecule has 8 heteroatoms. The van der Waals surface area contributed by atoms with E-state index in [4.69, 9.17) is 9.47 Å². The van der Waals surface area contributed by atoms with Gasteiger partial charge in [0.05, 0.1) is 25.6 Å². The summed E-state index contributed by atoms with van der Waals surface area (Å²) in [5.41, 5.74) is 0.878. The SMILES string of the molecule is COc1ccc(OC)c(S(=O)(=O)Nc2cc(F)ccc2N2CCCCC2)c1. The highest BCUT2D eigenvalue weighted by Crippen LogP contribution is 2.34. The van der Waals surface area contributed by atoms with Crippen molar-refractivity contribution < 1.29 is 22.3 Å². The molecule has 3 rings (SSSR count). The van der Waals surface area contributed by atoms with E-state index >= 15 is 0 Å². The van der Waals surface area contributed by atoms with Crippen LogP contribution in [0.3, 0.4) is 0 Å².